The molecule has 1 rings (SSSR count). The second-order valence-electron chi connectivity index (χ2n) is 6.02. The van der Waals surface area contributed by atoms with Crippen molar-refractivity contribution in [1.29, 1.82) is 0 Å². The number of sulfone groups is 1. The molecule has 8 heteroatoms. The van der Waals surface area contributed by atoms with Crippen LogP contribution >= 0.6 is 0 Å². The van der Waals surface area contributed by atoms with Crippen molar-refractivity contribution in [3.63, 3.8) is 0 Å². The summed E-state index contributed by atoms with van der Waals surface area (Å²) < 4.78 is 22.6. The van der Waals surface area contributed by atoms with Gasteiger partial charge >= 0.3 is 12.0 Å². The average Bonchev–Trinajstić information content (AvgIpc) is 2.71. The number of hydrogen-bond acceptors (Lipinski definition) is 4. The SMILES string of the molecule is CC(C)CC(CNC(=O)NCC1CCS(=O)(=O)C1)C(=O)O. The van der Waals surface area contributed by atoms with Crippen LogP contribution in [0.25, 0.3) is 0 Å². The number of aliphatic carboxylic acids is 1. The van der Waals surface area contributed by atoms with E-state index in [4.69, 9.17) is 5.11 Å². The molecule has 0 aromatic carbocycles. The topological polar surface area (TPSA) is 113 Å². The number of amides is 2. The maximum Gasteiger partial charge on any atom is 0.314 e. The largest absolute Gasteiger partial charge is 0.481 e. The molecule has 0 spiro atoms. The summed E-state index contributed by atoms with van der Waals surface area (Å²) in [4.78, 5) is 22.7. The van der Waals surface area contributed by atoms with Gasteiger partial charge in [0, 0.05) is 13.1 Å². The van der Waals surface area contributed by atoms with E-state index in [1.165, 1.54) is 0 Å². The molecule has 122 valence electrons. The van der Waals surface area contributed by atoms with Gasteiger partial charge in [-0.2, -0.15) is 0 Å². The van der Waals surface area contributed by atoms with Crippen molar-refractivity contribution >= 4 is 21.8 Å². The molecule has 1 heterocycles. The van der Waals surface area contributed by atoms with Crippen molar-refractivity contribution < 1.29 is 23.1 Å². The van der Waals surface area contributed by atoms with Gasteiger partial charge < -0.3 is 15.7 Å². The van der Waals surface area contributed by atoms with Crippen LogP contribution in [0.1, 0.15) is 26.7 Å². The fourth-order valence-corrected chi connectivity index (χ4v) is 4.25. The molecule has 1 saturated heterocycles. The van der Waals surface area contributed by atoms with E-state index in [0.29, 0.717) is 19.4 Å². The normalized spacial score (nSPS) is 22.0. The molecule has 0 radical (unpaired) electrons. The molecule has 1 aliphatic rings. The molecular weight excluding hydrogens is 296 g/mol. The minimum absolute atomic E-state index is 0.0494. The molecule has 0 saturated carbocycles. The second kappa shape index (κ2) is 7.63. The number of carbonyl (C=O) groups excluding carboxylic acids is 1. The zero-order valence-corrected chi connectivity index (χ0v) is 13.3. The lowest BCUT2D eigenvalue weighted by Crippen LogP contribution is -2.42. The maximum atomic E-state index is 11.6. The van der Waals surface area contributed by atoms with Gasteiger partial charge in [-0.15, -0.1) is 0 Å². The first-order valence-electron chi connectivity index (χ1n) is 7.14. The van der Waals surface area contributed by atoms with E-state index in [1.807, 2.05) is 13.8 Å². The number of carboxylic acid groups (broad SMARTS) is 1. The van der Waals surface area contributed by atoms with Gasteiger partial charge in [0.25, 0.3) is 0 Å². The zero-order chi connectivity index (χ0) is 16.0. The first-order chi connectivity index (χ1) is 9.69. The van der Waals surface area contributed by atoms with E-state index < -0.39 is 27.8 Å². The van der Waals surface area contributed by atoms with Crippen LogP contribution in [0.5, 0.6) is 0 Å². The van der Waals surface area contributed by atoms with E-state index in [-0.39, 0.29) is 29.9 Å². The predicted octanol–water partition coefficient (Wildman–Crippen LogP) is 0.467. The van der Waals surface area contributed by atoms with Gasteiger partial charge in [0.2, 0.25) is 0 Å². The highest BCUT2D eigenvalue weighted by Gasteiger charge is 2.28. The number of hydrogen-bond donors (Lipinski definition) is 3. The molecule has 1 fully saturated rings. The molecule has 0 aromatic rings. The smallest absolute Gasteiger partial charge is 0.314 e. The standard InChI is InChI=1S/C13H24N2O5S/c1-9(2)5-11(12(16)17)7-15-13(18)14-6-10-3-4-21(19,20)8-10/h9-11H,3-8H2,1-2H3,(H,16,17)(H2,14,15,18). The quantitative estimate of drug-likeness (QED) is 0.631. The number of rotatable bonds is 7. The summed E-state index contributed by atoms with van der Waals surface area (Å²) in [5.41, 5.74) is 0. The van der Waals surface area contributed by atoms with Gasteiger partial charge in [0.05, 0.1) is 17.4 Å². The van der Waals surface area contributed by atoms with Crippen LogP contribution in [0.4, 0.5) is 4.79 Å². The van der Waals surface area contributed by atoms with Crippen LogP contribution < -0.4 is 10.6 Å². The third-order valence-electron chi connectivity index (χ3n) is 3.49. The molecular formula is C13H24N2O5S. The highest BCUT2D eigenvalue weighted by atomic mass is 32.2. The molecule has 7 nitrogen and oxygen atoms in total. The summed E-state index contributed by atoms with van der Waals surface area (Å²) in [6.45, 7) is 4.22. The van der Waals surface area contributed by atoms with Gasteiger partial charge in [0.1, 0.15) is 0 Å². The Kier molecular flexibility index (Phi) is 6.44. The first kappa shape index (κ1) is 17.7. The molecule has 1 aliphatic heterocycles. The van der Waals surface area contributed by atoms with Crippen molar-refractivity contribution in [3.8, 4) is 0 Å². The third-order valence-corrected chi connectivity index (χ3v) is 5.33. The van der Waals surface area contributed by atoms with Gasteiger partial charge in [-0.1, -0.05) is 13.8 Å². The minimum Gasteiger partial charge on any atom is -0.481 e. The average molecular weight is 320 g/mol. The molecule has 2 atom stereocenters. The summed E-state index contributed by atoms with van der Waals surface area (Å²) in [5.74, 6) is -1.06. The fraction of sp³-hybridized carbons (Fsp3) is 0.846. The van der Waals surface area contributed by atoms with Gasteiger partial charge in [-0.05, 0) is 24.7 Å². The Labute approximate surface area is 125 Å². The molecule has 3 N–H and O–H groups in total. The highest BCUT2D eigenvalue weighted by molar-refractivity contribution is 7.91. The summed E-state index contributed by atoms with van der Waals surface area (Å²) in [7, 11) is -2.94. The van der Waals surface area contributed by atoms with Crippen molar-refractivity contribution in [2.24, 2.45) is 17.8 Å². The highest BCUT2D eigenvalue weighted by Crippen LogP contribution is 2.17. The Morgan fingerprint density at radius 2 is 1.95 bits per heavy atom. The lowest BCUT2D eigenvalue weighted by atomic mass is 9.97. The summed E-state index contributed by atoms with van der Waals surface area (Å²) in [6.07, 6.45) is 1.06. The molecule has 2 amide bonds. The Balaban J connectivity index is 2.28. The number of carboxylic acids is 1. The molecule has 21 heavy (non-hydrogen) atoms. The number of carbonyl (C=O) groups is 2. The van der Waals surface area contributed by atoms with Crippen molar-refractivity contribution in [2.45, 2.75) is 26.7 Å². The third kappa shape index (κ3) is 6.79. The van der Waals surface area contributed by atoms with Gasteiger partial charge in [0.15, 0.2) is 9.84 Å². The lowest BCUT2D eigenvalue weighted by Gasteiger charge is -2.16. The predicted molar refractivity (Wildman–Crippen MR) is 78.7 cm³/mol. The Bertz CT molecular complexity index is 475. The Morgan fingerprint density at radius 1 is 1.29 bits per heavy atom. The van der Waals surface area contributed by atoms with E-state index in [1.54, 1.807) is 0 Å². The summed E-state index contributed by atoms with van der Waals surface area (Å²) in [5, 5.41) is 14.2. The maximum absolute atomic E-state index is 11.6. The van der Waals surface area contributed by atoms with E-state index in [2.05, 4.69) is 10.6 Å². The minimum atomic E-state index is -2.94. The molecule has 2 unspecified atom stereocenters. The Hall–Kier alpha value is -1.31. The van der Waals surface area contributed by atoms with Crippen LogP contribution in [0, 0.1) is 17.8 Å². The van der Waals surface area contributed by atoms with Crippen LogP contribution in [0.15, 0.2) is 0 Å². The Morgan fingerprint density at radius 3 is 2.43 bits per heavy atom. The summed E-state index contributed by atoms with van der Waals surface area (Å²) in [6, 6.07) is -0.450. The van der Waals surface area contributed by atoms with Crippen molar-refractivity contribution in [3.05, 3.63) is 0 Å². The monoisotopic (exact) mass is 320 g/mol. The van der Waals surface area contributed by atoms with Crippen molar-refractivity contribution in [2.75, 3.05) is 24.6 Å². The van der Waals surface area contributed by atoms with E-state index in [0.717, 1.165) is 0 Å². The zero-order valence-electron chi connectivity index (χ0n) is 12.5. The molecule has 0 aliphatic carbocycles. The van der Waals surface area contributed by atoms with Crippen LogP contribution in [0.3, 0.4) is 0 Å². The van der Waals surface area contributed by atoms with Gasteiger partial charge in [-0.25, -0.2) is 13.2 Å². The van der Waals surface area contributed by atoms with Crippen LogP contribution in [-0.2, 0) is 14.6 Å². The lowest BCUT2D eigenvalue weighted by molar-refractivity contribution is -0.142. The van der Waals surface area contributed by atoms with Crippen LogP contribution in [0.2, 0.25) is 0 Å². The first-order valence-corrected chi connectivity index (χ1v) is 8.96. The second-order valence-corrected chi connectivity index (χ2v) is 8.25. The summed E-state index contributed by atoms with van der Waals surface area (Å²) >= 11 is 0. The van der Waals surface area contributed by atoms with Gasteiger partial charge in [-0.3, -0.25) is 4.79 Å². The van der Waals surface area contributed by atoms with E-state index >= 15 is 0 Å². The molecule has 0 bridgehead atoms. The number of nitrogens with one attached hydrogen (secondary N) is 2. The van der Waals surface area contributed by atoms with Crippen molar-refractivity contribution in [1.82, 2.24) is 10.6 Å². The number of urea groups is 1. The molecule has 0 aromatic heterocycles. The van der Waals surface area contributed by atoms with E-state index in [9.17, 15) is 18.0 Å². The van der Waals surface area contributed by atoms with Crippen LogP contribution in [-0.4, -0.2) is 50.1 Å². The fourth-order valence-electron chi connectivity index (χ4n) is 2.39.